The van der Waals surface area contributed by atoms with E-state index >= 15 is 0 Å². The van der Waals surface area contributed by atoms with Crippen molar-refractivity contribution in [2.75, 3.05) is 18.4 Å². The predicted molar refractivity (Wildman–Crippen MR) is 79.3 cm³/mol. The number of rotatable bonds is 5. The number of hydrogen-bond donors (Lipinski definition) is 2. The molecule has 0 saturated heterocycles. The average Bonchev–Trinajstić information content (AvgIpc) is 2.43. The van der Waals surface area contributed by atoms with Gasteiger partial charge in [-0.05, 0) is 43.9 Å². The van der Waals surface area contributed by atoms with Gasteiger partial charge in [0.25, 0.3) is 0 Å². The Kier molecular flexibility index (Phi) is 5.40. The Bertz CT molecular complexity index is 411. The van der Waals surface area contributed by atoms with Crippen LogP contribution in [0.2, 0.25) is 0 Å². The Hall–Kier alpha value is -1.35. The minimum Gasteiger partial charge on any atom is -0.325 e. The van der Waals surface area contributed by atoms with E-state index in [-0.39, 0.29) is 5.91 Å². The summed E-state index contributed by atoms with van der Waals surface area (Å²) in [6, 6.07) is 7.86. The van der Waals surface area contributed by atoms with Crippen molar-refractivity contribution >= 4 is 11.6 Å². The standard InChI is InChI=1S/C16H24N2O/c1-13-7-5-6-10-15(13)18-16(19)12-17-11-14-8-3-2-4-9-14/h5-7,10,14,17H,2-4,8-9,11-12H2,1H3,(H,18,19). The van der Waals surface area contributed by atoms with E-state index in [0.717, 1.165) is 23.7 Å². The Morgan fingerprint density at radius 1 is 1.21 bits per heavy atom. The lowest BCUT2D eigenvalue weighted by Crippen LogP contribution is -2.32. The van der Waals surface area contributed by atoms with Crippen molar-refractivity contribution in [3.8, 4) is 0 Å². The molecule has 3 nitrogen and oxygen atoms in total. The molecule has 0 spiro atoms. The van der Waals surface area contributed by atoms with Gasteiger partial charge >= 0.3 is 0 Å². The highest BCUT2D eigenvalue weighted by atomic mass is 16.1. The first-order chi connectivity index (χ1) is 9.25. The van der Waals surface area contributed by atoms with Crippen LogP contribution in [0.25, 0.3) is 0 Å². The highest BCUT2D eigenvalue weighted by Crippen LogP contribution is 2.22. The van der Waals surface area contributed by atoms with E-state index in [1.54, 1.807) is 0 Å². The molecule has 1 aromatic carbocycles. The Morgan fingerprint density at radius 2 is 1.95 bits per heavy atom. The average molecular weight is 260 g/mol. The second-order valence-corrected chi connectivity index (χ2v) is 5.50. The zero-order valence-corrected chi connectivity index (χ0v) is 11.7. The van der Waals surface area contributed by atoms with E-state index in [2.05, 4.69) is 10.6 Å². The van der Waals surface area contributed by atoms with Crippen LogP contribution in [-0.4, -0.2) is 19.0 Å². The molecule has 0 radical (unpaired) electrons. The van der Waals surface area contributed by atoms with Gasteiger partial charge in [0.2, 0.25) is 5.91 Å². The first-order valence-electron chi connectivity index (χ1n) is 7.32. The topological polar surface area (TPSA) is 41.1 Å². The van der Waals surface area contributed by atoms with Gasteiger partial charge in [0.15, 0.2) is 0 Å². The first kappa shape index (κ1) is 14.1. The molecular formula is C16H24N2O. The molecule has 1 amide bonds. The number of carbonyl (C=O) groups is 1. The van der Waals surface area contributed by atoms with Crippen LogP contribution in [0.15, 0.2) is 24.3 Å². The molecule has 3 heteroatoms. The number of amides is 1. The Labute approximate surface area is 115 Å². The lowest BCUT2D eigenvalue weighted by Gasteiger charge is -2.21. The van der Waals surface area contributed by atoms with Crippen molar-refractivity contribution in [1.82, 2.24) is 5.32 Å². The summed E-state index contributed by atoms with van der Waals surface area (Å²) in [5, 5.41) is 6.23. The molecule has 0 atom stereocenters. The van der Waals surface area contributed by atoms with Crippen LogP contribution < -0.4 is 10.6 Å². The third-order valence-corrected chi connectivity index (χ3v) is 3.86. The third-order valence-electron chi connectivity index (χ3n) is 3.86. The molecule has 1 aromatic rings. The number of nitrogens with one attached hydrogen (secondary N) is 2. The van der Waals surface area contributed by atoms with Crippen LogP contribution in [0.3, 0.4) is 0 Å². The predicted octanol–water partition coefficient (Wildman–Crippen LogP) is 3.10. The lowest BCUT2D eigenvalue weighted by atomic mass is 9.89. The summed E-state index contributed by atoms with van der Waals surface area (Å²) in [6.45, 7) is 3.39. The summed E-state index contributed by atoms with van der Waals surface area (Å²) in [7, 11) is 0. The minimum absolute atomic E-state index is 0.0464. The first-order valence-corrected chi connectivity index (χ1v) is 7.32. The number of anilines is 1. The Balaban J connectivity index is 1.68. The molecule has 2 N–H and O–H groups in total. The maximum absolute atomic E-state index is 11.8. The van der Waals surface area contributed by atoms with E-state index in [1.807, 2.05) is 31.2 Å². The quantitative estimate of drug-likeness (QED) is 0.854. The molecule has 0 aromatic heterocycles. The molecule has 0 aliphatic heterocycles. The van der Waals surface area contributed by atoms with E-state index in [0.29, 0.717) is 6.54 Å². The van der Waals surface area contributed by atoms with Crippen LogP contribution in [0.5, 0.6) is 0 Å². The summed E-state index contributed by atoms with van der Waals surface area (Å²) in [4.78, 5) is 11.8. The fraction of sp³-hybridized carbons (Fsp3) is 0.562. The molecule has 1 aliphatic carbocycles. The van der Waals surface area contributed by atoms with Crippen molar-refractivity contribution in [2.45, 2.75) is 39.0 Å². The SMILES string of the molecule is Cc1ccccc1NC(=O)CNCC1CCCCC1. The smallest absolute Gasteiger partial charge is 0.238 e. The van der Waals surface area contributed by atoms with E-state index in [9.17, 15) is 4.79 Å². The van der Waals surface area contributed by atoms with Gasteiger partial charge in [-0.15, -0.1) is 0 Å². The van der Waals surface area contributed by atoms with Crippen LogP contribution in [0.4, 0.5) is 5.69 Å². The molecule has 0 unspecified atom stereocenters. The molecule has 1 aliphatic rings. The third kappa shape index (κ3) is 4.67. The molecule has 1 saturated carbocycles. The van der Waals surface area contributed by atoms with Crippen molar-refractivity contribution < 1.29 is 4.79 Å². The van der Waals surface area contributed by atoms with Gasteiger partial charge < -0.3 is 10.6 Å². The molecular weight excluding hydrogens is 236 g/mol. The van der Waals surface area contributed by atoms with Crippen LogP contribution in [0, 0.1) is 12.8 Å². The summed E-state index contributed by atoms with van der Waals surface area (Å²) < 4.78 is 0. The fourth-order valence-electron chi connectivity index (χ4n) is 2.69. The van der Waals surface area contributed by atoms with Crippen molar-refractivity contribution in [1.29, 1.82) is 0 Å². The maximum atomic E-state index is 11.8. The number of benzene rings is 1. The van der Waals surface area contributed by atoms with Gasteiger partial charge in [-0.1, -0.05) is 37.5 Å². The number of aryl methyl sites for hydroxylation is 1. The monoisotopic (exact) mass is 260 g/mol. The summed E-state index contributed by atoms with van der Waals surface area (Å²) in [6.07, 6.45) is 6.70. The largest absolute Gasteiger partial charge is 0.325 e. The number of carbonyl (C=O) groups excluding carboxylic acids is 1. The zero-order valence-electron chi connectivity index (χ0n) is 11.7. The van der Waals surface area contributed by atoms with Gasteiger partial charge in [0.05, 0.1) is 6.54 Å². The van der Waals surface area contributed by atoms with Crippen molar-refractivity contribution in [3.05, 3.63) is 29.8 Å². The summed E-state index contributed by atoms with van der Waals surface area (Å²) >= 11 is 0. The van der Waals surface area contributed by atoms with E-state index in [4.69, 9.17) is 0 Å². The molecule has 0 bridgehead atoms. The second-order valence-electron chi connectivity index (χ2n) is 5.50. The molecule has 1 fully saturated rings. The van der Waals surface area contributed by atoms with E-state index in [1.165, 1.54) is 32.1 Å². The fourth-order valence-corrected chi connectivity index (χ4v) is 2.69. The normalized spacial score (nSPS) is 16.3. The van der Waals surface area contributed by atoms with Gasteiger partial charge in [0.1, 0.15) is 0 Å². The van der Waals surface area contributed by atoms with Crippen molar-refractivity contribution in [2.24, 2.45) is 5.92 Å². The van der Waals surface area contributed by atoms with E-state index < -0.39 is 0 Å². The molecule has 104 valence electrons. The van der Waals surface area contributed by atoms with Gasteiger partial charge in [0, 0.05) is 5.69 Å². The van der Waals surface area contributed by atoms with Crippen LogP contribution >= 0.6 is 0 Å². The van der Waals surface area contributed by atoms with Crippen LogP contribution in [-0.2, 0) is 4.79 Å². The minimum atomic E-state index is 0.0464. The zero-order chi connectivity index (χ0) is 13.5. The molecule has 0 heterocycles. The number of hydrogen-bond acceptors (Lipinski definition) is 2. The van der Waals surface area contributed by atoms with Gasteiger partial charge in [-0.25, -0.2) is 0 Å². The summed E-state index contributed by atoms with van der Waals surface area (Å²) in [5.41, 5.74) is 2.01. The van der Waals surface area contributed by atoms with Crippen molar-refractivity contribution in [3.63, 3.8) is 0 Å². The Morgan fingerprint density at radius 3 is 2.68 bits per heavy atom. The molecule has 19 heavy (non-hydrogen) atoms. The van der Waals surface area contributed by atoms with Gasteiger partial charge in [-0.2, -0.15) is 0 Å². The van der Waals surface area contributed by atoms with Gasteiger partial charge in [-0.3, -0.25) is 4.79 Å². The maximum Gasteiger partial charge on any atom is 0.238 e. The number of para-hydroxylation sites is 1. The lowest BCUT2D eigenvalue weighted by molar-refractivity contribution is -0.115. The van der Waals surface area contributed by atoms with Crippen LogP contribution in [0.1, 0.15) is 37.7 Å². The second kappa shape index (κ2) is 7.29. The molecule has 2 rings (SSSR count). The summed E-state index contributed by atoms with van der Waals surface area (Å²) in [5.74, 6) is 0.810. The highest BCUT2D eigenvalue weighted by Gasteiger charge is 2.13. The highest BCUT2D eigenvalue weighted by molar-refractivity contribution is 5.92.